The summed E-state index contributed by atoms with van der Waals surface area (Å²) in [7, 11) is 3.18. The molecule has 0 saturated heterocycles. The molecule has 6 nitrogen and oxygen atoms in total. The number of nitrogens with one attached hydrogen (secondary N) is 2. The highest BCUT2D eigenvalue weighted by atomic mass is 32.1. The van der Waals surface area contributed by atoms with Crippen LogP contribution in [0, 0.1) is 6.92 Å². The highest BCUT2D eigenvalue weighted by Gasteiger charge is 2.20. The molecule has 1 aliphatic rings. The Morgan fingerprint density at radius 3 is 2.61 bits per heavy atom. The molecule has 1 aromatic carbocycles. The quantitative estimate of drug-likeness (QED) is 0.628. The molecule has 0 bridgehead atoms. The van der Waals surface area contributed by atoms with E-state index in [0.717, 1.165) is 16.9 Å². The third-order valence-electron chi connectivity index (χ3n) is 3.65. The lowest BCUT2D eigenvalue weighted by molar-refractivity contribution is -0.140. The second kappa shape index (κ2) is 7.32. The molecule has 1 heterocycles. The van der Waals surface area contributed by atoms with Gasteiger partial charge < -0.3 is 24.8 Å². The summed E-state index contributed by atoms with van der Waals surface area (Å²) in [6.45, 7) is 4.16. The van der Waals surface area contributed by atoms with Gasteiger partial charge in [-0.1, -0.05) is 0 Å². The van der Waals surface area contributed by atoms with E-state index in [9.17, 15) is 4.79 Å². The van der Waals surface area contributed by atoms with Gasteiger partial charge in [0.15, 0.2) is 5.11 Å². The fourth-order valence-electron chi connectivity index (χ4n) is 2.40. The fraction of sp³-hybridized carbons (Fsp3) is 0.375. The van der Waals surface area contributed by atoms with E-state index in [-0.39, 0.29) is 12.6 Å². The summed E-state index contributed by atoms with van der Waals surface area (Å²) in [5.41, 5.74) is 2.88. The third kappa shape index (κ3) is 3.73. The lowest BCUT2D eigenvalue weighted by Crippen LogP contribution is -2.42. The number of carbonyl (C=O) groups excluding carboxylic acids is 1. The second-order valence-corrected chi connectivity index (χ2v) is 5.48. The summed E-state index contributed by atoms with van der Waals surface area (Å²) < 4.78 is 16.1. The van der Waals surface area contributed by atoms with Gasteiger partial charge in [-0.15, -0.1) is 0 Å². The van der Waals surface area contributed by atoms with Crippen molar-refractivity contribution < 1.29 is 19.0 Å². The normalized spacial score (nSPS) is 14.0. The van der Waals surface area contributed by atoms with Gasteiger partial charge in [0.05, 0.1) is 26.3 Å². The number of methoxy groups -OCH3 is 2. The number of esters is 1. The van der Waals surface area contributed by atoms with Crippen molar-refractivity contribution in [2.24, 2.45) is 0 Å². The summed E-state index contributed by atoms with van der Waals surface area (Å²) in [6, 6.07) is 3.65. The summed E-state index contributed by atoms with van der Waals surface area (Å²) in [6.07, 6.45) is 0. The predicted octanol–water partition coefficient (Wildman–Crippen LogP) is 1.81. The van der Waals surface area contributed by atoms with E-state index in [2.05, 4.69) is 10.6 Å². The van der Waals surface area contributed by atoms with Gasteiger partial charge in [0.1, 0.15) is 18.1 Å². The minimum atomic E-state index is -0.388. The Bertz CT molecular complexity index is 670. The number of carbonyl (C=O) groups is 1. The first-order valence-corrected chi connectivity index (χ1v) is 7.51. The van der Waals surface area contributed by atoms with Crippen LogP contribution in [0.3, 0.4) is 0 Å². The zero-order chi connectivity index (χ0) is 17.0. The third-order valence-corrected chi connectivity index (χ3v) is 3.89. The number of benzene rings is 1. The molecule has 0 aromatic heterocycles. The van der Waals surface area contributed by atoms with Crippen molar-refractivity contribution in [2.75, 3.05) is 20.8 Å². The Morgan fingerprint density at radius 2 is 2.00 bits per heavy atom. The highest BCUT2D eigenvalue weighted by Crippen LogP contribution is 2.31. The number of allylic oxidation sites excluding steroid dienone is 1. The lowest BCUT2D eigenvalue weighted by atomic mass is 10.1. The van der Waals surface area contributed by atoms with Gasteiger partial charge in [-0.05, 0) is 38.2 Å². The van der Waals surface area contributed by atoms with E-state index in [1.807, 2.05) is 19.1 Å². The highest BCUT2D eigenvalue weighted by molar-refractivity contribution is 7.80. The maximum Gasteiger partial charge on any atom is 0.337 e. The lowest BCUT2D eigenvalue weighted by Gasteiger charge is -2.21. The van der Waals surface area contributed by atoms with E-state index >= 15 is 0 Å². The molecule has 0 spiro atoms. The van der Waals surface area contributed by atoms with Crippen molar-refractivity contribution in [1.29, 1.82) is 0 Å². The van der Waals surface area contributed by atoms with Crippen LogP contribution < -0.4 is 20.1 Å². The molecule has 124 valence electrons. The Labute approximate surface area is 140 Å². The average molecular weight is 336 g/mol. The molecule has 0 amide bonds. The number of hydrogen-bond donors (Lipinski definition) is 2. The van der Waals surface area contributed by atoms with Crippen LogP contribution in [0.1, 0.15) is 18.1 Å². The minimum absolute atomic E-state index is 0.119. The topological polar surface area (TPSA) is 68.8 Å². The molecule has 2 N–H and O–H groups in total. The smallest absolute Gasteiger partial charge is 0.337 e. The van der Waals surface area contributed by atoms with Gasteiger partial charge in [-0.25, -0.2) is 4.79 Å². The van der Waals surface area contributed by atoms with Gasteiger partial charge in [0, 0.05) is 16.8 Å². The van der Waals surface area contributed by atoms with Crippen LogP contribution in [-0.2, 0) is 16.1 Å². The van der Waals surface area contributed by atoms with Gasteiger partial charge in [-0.2, -0.15) is 0 Å². The summed E-state index contributed by atoms with van der Waals surface area (Å²) >= 11 is 5.00. The van der Waals surface area contributed by atoms with Gasteiger partial charge in [0.25, 0.3) is 0 Å². The van der Waals surface area contributed by atoms with Crippen LogP contribution in [-0.4, -0.2) is 31.8 Å². The largest absolute Gasteiger partial charge is 0.496 e. The zero-order valence-electron chi connectivity index (χ0n) is 13.6. The predicted molar refractivity (Wildman–Crippen MR) is 90.5 cm³/mol. The molecular weight excluding hydrogens is 316 g/mol. The Morgan fingerprint density at radius 1 is 1.26 bits per heavy atom. The number of thiocarbonyl (C=S) groups is 1. The molecule has 0 aliphatic carbocycles. The first-order chi connectivity index (χ1) is 11.0. The molecule has 1 aliphatic heterocycles. The minimum Gasteiger partial charge on any atom is -0.496 e. The molecular formula is C16H20N2O4S. The molecule has 0 radical (unpaired) electrons. The maximum atomic E-state index is 12.2. The van der Waals surface area contributed by atoms with Crippen molar-refractivity contribution in [3.63, 3.8) is 0 Å². The molecule has 0 saturated carbocycles. The Hall–Kier alpha value is -2.28. The standard InChI is InChI=1S/C16H20N2O4S/c1-9-13(20-3)6-5-11(14(9)21-4)8-22-15(19)12-7-17-16(23)18-10(12)2/h5-6H,7-8H2,1-4H3,(H2,17,18,23). The van der Waals surface area contributed by atoms with Gasteiger partial charge >= 0.3 is 5.97 Å². The maximum absolute atomic E-state index is 12.2. The van der Waals surface area contributed by atoms with E-state index in [1.54, 1.807) is 21.1 Å². The van der Waals surface area contributed by atoms with Crippen molar-refractivity contribution in [2.45, 2.75) is 20.5 Å². The molecule has 1 aromatic rings. The van der Waals surface area contributed by atoms with Crippen LogP contribution in [0.4, 0.5) is 0 Å². The van der Waals surface area contributed by atoms with E-state index in [4.69, 9.17) is 26.4 Å². The first-order valence-electron chi connectivity index (χ1n) is 7.10. The molecule has 7 heteroatoms. The van der Waals surface area contributed by atoms with Gasteiger partial charge in [-0.3, -0.25) is 0 Å². The number of ether oxygens (including phenoxy) is 3. The SMILES string of the molecule is COc1ccc(COC(=O)C2=C(C)NC(=S)NC2)c(OC)c1C. The molecule has 0 unspecified atom stereocenters. The second-order valence-electron chi connectivity index (χ2n) is 5.07. The molecule has 0 fully saturated rings. The summed E-state index contributed by atoms with van der Waals surface area (Å²) in [5.74, 6) is 0.995. The van der Waals surface area contributed by atoms with E-state index in [0.29, 0.717) is 28.7 Å². The number of hydrogen-bond acceptors (Lipinski definition) is 5. The van der Waals surface area contributed by atoms with Crippen LogP contribution >= 0.6 is 12.2 Å². The Kier molecular flexibility index (Phi) is 5.44. The average Bonchev–Trinajstić information content (AvgIpc) is 2.52. The van der Waals surface area contributed by atoms with E-state index < -0.39 is 0 Å². The van der Waals surface area contributed by atoms with Crippen LogP contribution in [0.25, 0.3) is 0 Å². The zero-order valence-corrected chi connectivity index (χ0v) is 14.4. The van der Waals surface area contributed by atoms with E-state index in [1.165, 1.54) is 0 Å². The fourth-order valence-corrected chi connectivity index (χ4v) is 2.62. The monoisotopic (exact) mass is 336 g/mol. The van der Waals surface area contributed by atoms with Crippen molar-refractivity contribution in [1.82, 2.24) is 10.6 Å². The Balaban J connectivity index is 2.12. The van der Waals surface area contributed by atoms with Crippen LogP contribution in [0.5, 0.6) is 11.5 Å². The summed E-state index contributed by atoms with van der Waals surface area (Å²) in [5, 5.41) is 6.33. The molecule has 0 atom stereocenters. The van der Waals surface area contributed by atoms with Crippen molar-refractivity contribution in [3.05, 3.63) is 34.5 Å². The van der Waals surface area contributed by atoms with Crippen molar-refractivity contribution >= 4 is 23.3 Å². The number of rotatable bonds is 5. The van der Waals surface area contributed by atoms with Crippen molar-refractivity contribution in [3.8, 4) is 11.5 Å². The van der Waals surface area contributed by atoms with Crippen LogP contribution in [0.2, 0.25) is 0 Å². The summed E-state index contributed by atoms with van der Waals surface area (Å²) in [4.78, 5) is 12.2. The first kappa shape index (κ1) is 17.1. The molecule has 23 heavy (non-hydrogen) atoms. The van der Waals surface area contributed by atoms with Gasteiger partial charge in [0.2, 0.25) is 0 Å². The van der Waals surface area contributed by atoms with Crippen LogP contribution in [0.15, 0.2) is 23.4 Å². The molecule has 2 rings (SSSR count).